The van der Waals surface area contributed by atoms with E-state index in [1.165, 1.54) is 62.6 Å². The molecule has 1 saturated carbocycles. The van der Waals surface area contributed by atoms with E-state index in [-0.39, 0.29) is 5.75 Å². The van der Waals surface area contributed by atoms with Gasteiger partial charge in [0.15, 0.2) is 17.2 Å². The summed E-state index contributed by atoms with van der Waals surface area (Å²) in [6, 6.07) is 4.84. The molecular formula is C22H27FN8O2. The summed E-state index contributed by atoms with van der Waals surface area (Å²) in [4.78, 5) is 16.9. The fraction of sp³-hybridized carbons (Fsp3) is 0.409. The maximum Gasteiger partial charge on any atom is 0.216 e. The summed E-state index contributed by atoms with van der Waals surface area (Å²) in [5, 5.41) is 12.0. The van der Waals surface area contributed by atoms with Crippen LogP contribution < -0.4 is 15.0 Å². The van der Waals surface area contributed by atoms with Crippen molar-refractivity contribution in [3.63, 3.8) is 0 Å². The number of anilines is 2. The van der Waals surface area contributed by atoms with Crippen molar-refractivity contribution in [3.8, 4) is 23.1 Å². The van der Waals surface area contributed by atoms with E-state index in [2.05, 4.69) is 35.4 Å². The Bertz CT molecular complexity index is 1210. The van der Waals surface area contributed by atoms with Gasteiger partial charge in [0.05, 0.1) is 18.7 Å². The number of ether oxygens (including phenoxy) is 1. The Morgan fingerprint density at radius 3 is 2.39 bits per heavy atom. The third-order valence-electron chi connectivity index (χ3n) is 5.45. The van der Waals surface area contributed by atoms with Crippen LogP contribution in [0.25, 0.3) is 22.6 Å². The number of nitrogens with zero attached hydrogens (tertiary/aromatic N) is 7. The van der Waals surface area contributed by atoms with Gasteiger partial charge in [-0.15, -0.1) is 0 Å². The van der Waals surface area contributed by atoms with E-state index in [1.54, 1.807) is 37.1 Å². The number of methoxy groups -OCH3 is 1. The van der Waals surface area contributed by atoms with Crippen molar-refractivity contribution in [3.05, 3.63) is 30.6 Å². The molecule has 0 aliphatic heterocycles. The summed E-state index contributed by atoms with van der Waals surface area (Å²) >= 11 is 0. The van der Waals surface area contributed by atoms with E-state index >= 15 is 0 Å². The lowest BCUT2D eigenvalue weighted by Gasteiger charge is -2.07. The van der Waals surface area contributed by atoms with Gasteiger partial charge in [0.2, 0.25) is 5.88 Å². The quantitative estimate of drug-likeness (QED) is 0.469. The fourth-order valence-corrected chi connectivity index (χ4v) is 3.68. The van der Waals surface area contributed by atoms with Crippen molar-refractivity contribution in [1.29, 1.82) is 0 Å². The van der Waals surface area contributed by atoms with Gasteiger partial charge < -0.3 is 10.1 Å². The number of rotatable bonds is 5. The van der Waals surface area contributed by atoms with Gasteiger partial charge in [-0.1, -0.05) is 38.5 Å². The molecule has 0 atom stereocenters. The Kier molecular flexibility index (Phi) is 6.96. The van der Waals surface area contributed by atoms with Gasteiger partial charge in [-0.3, -0.25) is 14.3 Å². The first-order valence-electron chi connectivity index (χ1n) is 10.9. The number of pyridine rings is 1. The smallest absolute Gasteiger partial charge is 0.216 e. The second-order valence-electron chi connectivity index (χ2n) is 7.80. The van der Waals surface area contributed by atoms with Gasteiger partial charge >= 0.3 is 0 Å². The summed E-state index contributed by atoms with van der Waals surface area (Å²) in [6.07, 6.45) is 12.1. The number of hydrogen-bond acceptors (Lipinski definition) is 8. The highest BCUT2D eigenvalue weighted by atomic mass is 19.3. The van der Waals surface area contributed by atoms with Crippen molar-refractivity contribution >= 4 is 22.7 Å². The minimum absolute atomic E-state index is 0.0223. The summed E-state index contributed by atoms with van der Waals surface area (Å²) in [5.74, 6) is 1.86. The van der Waals surface area contributed by atoms with Gasteiger partial charge in [-0.05, 0) is 0 Å². The first-order chi connectivity index (χ1) is 16.1. The highest BCUT2D eigenvalue weighted by Gasteiger charge is 2.15. The standard InChI is InChI=1S/C16H15FN8O2.C6H12/c1-24-13(6-10(23-24)15-18-5-4-14(22-15)26-3)20-12-7-11(27-17)9-8-19-25(2)16(9)21-12;1-2-4-6-5-3-1/h4-8H,1-3H3,(H,20,21);1-6H2. The normalized spacial score (nSPS) is 13.3. The van der Waals surface area contributed by atoms with E-state index in [1.807, 2.05) is 0 Å². The molecule has 174 valence electrons. The second-order valence-corrected chi connectivity index (χ2v) is 7.80. The minimum atomic E-state index is 0.0223. The zero-order valence-electron chi connectivity index (χ0n) is 19.0. The van der Waals surface area contributed by atoms with Crippen LogP contribution in [0.2, 0.25) is 0 Å². The number of aromatic nitrogens is 7. The molecule has 0 unspecified atom stereocenters. The van der Waals surface area contributed by atoms with Crippen LogP contribution >= 0.6 is 0 Å². The molecule has 0 aromatic carbocycles. The topological polar surface area (TPSA) is 105 Å². The molecule has 33 heavy (non-hydrogen) atoms. The first-order valence-corrected chi connectivity index (χ1v) is 10.9. The summed E-state index contributed by atoms with van der Waals surface area (Å²) in [6.45, 7) is 0. The molecule has 0 bridgehead atoms. The van der Waals surface area contributed by atoms with Crippen molar-refractivity contribution in [2.24, 2.45) is 14.1 Å². The Hall–Kier alpha value is -3.76. The SMILES string of the molecule is C1CCCCC1.COc1ccnc(-c2cc(Nc3cc(OF)c4cnn(C)c4n3)n(C)n2)n1. The molecule has 4 heterocycles. The van der Waals surface area contributed by atoms with Gasteiger partial charge in [-0.2, -0.15) is 15.2 Å². The Morgan fingerprint density at radius 2 is 1.73 bits per heavy atom. The molecule has 1 aliphatic carbocycles. The maximum atomic E-state index is 12.9. The van der Waals surface area contributed by atoms with Gasteiger partial charge in [0.25, 0.3) is 0 Å². The molecule has 10 nitrogen and oxygen atoms in total. The maximum absolute atomic E-state index is 12.9. The van der Waals surface area contributed by atoms with Crippen LogP contribution in [0.1, 0.15) is 38.5 Å². The summed E-state index contributed by atoms with van der Waals surface area (Å²) in [7, 11) is 4.99. The molecule has 0 spiro atoms. The van der Waals surface area contributed by atoms with E-state index in [9.17, 15) is 4.53 Å². The molecule has 1 N–H and O–H groups in total. The molecule has 0 saturated heterocycles. The number of fused-ring (bicyclic) bond motifs is 1. The van der Waals surface area contributed by atoms with Gasteiger partial charge in [0.1, 0.15) is 17.3 Å². The molecule has 5 rings (SSSR count). The summed E-state index contributed by atoms with van der Waals surface area (Å²) < 4.78 is 21.2. The predicted octanol–water partition coefficient (Wildman–Crippen LogP) is 4.51. The van der Waals surface area contributed by atoms with E-state index in [4.69, 9.17) is 4.74 Å². The lowest BCUT2D eigenvalue weighted by Crippen LogP contribution is -2.02. The molecule has 4 aromatic heterocycles. The zero-order chi connectivity index (χ0) is 23.2. The molecule has 0 amide bonds. The zero-order valence-corrected chi connectivity index (χ0v) is 19.0. The van der Waals surface area contributed by atoms with Crippen molar-refractivity contribution in [2.45, 2.75) is 38.5 Å². The van der Waals surface area contributed by atoms with E-state index < -0.39 is 0 Å². The molecule has 1 aliphatic rings. The molecule has 11 heteroatoms. The van der Waals surface area contributed by atoms with Crippen molar-refractivity contribution < 1.29 is 14.2 Å². The Balaban J connectivity index is 0.000000376. The second kappa shape index (κ2) is 10.2. The number of halogens is 1. The van der Waals surface area contributed by atoms with E-state index in [0.717, 1.165) is 0 Å². The van der Waals surface area contributed by atoms with Crippen LogP contribution in [0.4, 0.5) is 16.2 Å². The molecular weight excluding hydrogens is 427 g/mol. The highest BCUT2D eigenvalue weighted by molar-refractivity contribution is 5.84. The predicted molar refractivity (Wildman–Crippen MR) is 122 cm³/mol. The van der Waals surface area contributed by atoms with Gasteiger partial charge in [-0.25, -0.2) is 9.97 Å². The lowest BCUT2D eigenvalue weighted by molar-refractivity contribution is -0.00422. The van der Waals surface area contributed by atoms with E-state index in [0.29, 0.717) is 40.1 Å². The molecule has 4 aromatic rings. The van der Waals surface area contributed by atoms with Crippen LogP contribution in [0.5, 0.6) is 11.6 Å². The average molecular weight is 455 g/mol. The fourth-order valence-electron chi connectivity index (χ4n) is 3.68. The van der Waals surface area contributed by atoms with Crippen molar-refractivity contribution in [1.82, 2.24) is 34.5 Å². The third kappa shape index (κ3) is 5.18. The van der Waals surface area contributed by atoms with Crippen LogP contribution in [0, 0.1) is 0 Å². The highest BCUT2D eigenvalue weighted by Crippen LogP contribution is 2.29. The molecule has 1 fully saturated rings. The van der Waals surface area contributed by atoms with Crippen LogP contribution in [-0.4, -0.2) is 41.6 Å². The number of nitrogens with one attached hydrogen (secondary N) is 1. The first kappa shape index (κ1) is 22.4. The monoisotopic (exact) mass is 454 g/mol. The average Bonchev–Trinajstić information content (AvgIpc) is 3.42. The largest absolute Gasteiger partial charge is 0.481 e. The number of hydrogen-bond donors (Lipinski definition) is 1. The Morgan fingerprint density at radius 1 is 1.00 bits per heavy atom. The minimum Gasteiger partial charge on any atom is -0.481 e. The summed E-state index contributed by atoms with van der Waals surface area (Å²) in [5.41, 5.74) is 1.02. The van der Waals surface area contributed by atoms with Crippen LogP contribution in [-0.2, 0) is 14.1 Å². The van der Waals surface area contributed by atoms with Gasteiger partial charge in [0, 0.05) is 43.0 Å². The van der Waals surface area contributed by atoms with Crippen molar-refractivity contribution in [2.75, 3.05) is 12.4 Å². The molecule has 0 radical (unpaired) electrons. The Labute approximate surface area is 190 Å². The van der Waals surface area contributed by atoms with Crippen LogP contribution in [0.3, 0.4) is 0 Å². The third-order valence-corrected chi connectivity index (χ3v) is 5.45. The van der Waals surface area contributed by atoms with Crippen LogP contribution in [0.15, 0.2) is 30.6 Å². The lowest BCUT2D eigenvalue weighted by atomic mass is 10.0. The number of aryl methyl sites for hydroxylation is 2.